The maximum absolute atomic E-state index is 13.3. The molecule has 3 aromatic rings. The molecule has 2 aromatic carbocycles. The summed E-state index contributed by atoms with van der Waals surface area (Å²) < 4.78 is 14.4. The molecule has 0 spiro atoms. The predicted octanol–water partition coefficient (Wildman–Crippen LogP) is 4.25. The van der Waals surface area contributed by atoms with Gasteiger partial charge in [0, 0.05) is 63.5 Å². The topological polar surface area (TPSA) is 63.1 Å². The second-order valence-electron chi connectivity index (χ2n) is 11.0. The minimum Gasteiger partial charge on any atom is -0.480 e. The van der Waals surface area contributed by atoms with E-state index in [2.05, 4.69) is 71.8 Å². The first kappa shape index (κ1) is 26.2. The molecule has 208 valence electrons. The molecule has 8 heteroatoms. The molecule has 40 heavy (non-hydrogen) atoms. The molecule has 1 amide bonds. The van der Waals surface area contributed by atoms with E-state index >= 15 is 0 Å². The number of carbonyl (C=O) groups is 1. The summed E-state index contributed by atoms with van der Waals surface area (Å²) in [6, 6.07) is 12.7. The summed E-state index contributed by atoms with van der Waals surface area (Å²) in [5.41, 5.74) is 7.08. The Morgan fingerprint density at radius 2 is 1.75 bits per heavy atom. The predicted molar refractivity (Wildman–Crippen MR) is 159 cm³/mol. The van der Waals surface area contributed by atoms with Crippen LogP contribution < -0.4 is 14.4 Å². The number of aromatic nitrogens is 2. The Bertz CT molecular complexity index is 1470. The van der Waals surface area contributed by atoms with Crippen molar-refractivity contribution in [2.45, 2.75) is 19.4 Å². The lowest BCUT2D eigenvalue weighted by Crippen LogP contribution is -2.44. The summed E-state index contributed by atoms with van der Waals surface area (Å²) >= 11 is 0. The summed E-state index contributed by atoms with van der Waals surface area (Å²) in [6.07, 6.45) is 6.04. The molecule has 0 N–H and O–H groups in total. The molecule has 1 unspecified atom stereocenters. The van der Waals surface area contributed by atoms with Gasteiger partial charge < -0.3 is 24.2 Å². The summed E-state index contributed by atoms with van der Waals surface area (Å²) in [7, 11) is 4.03. The number of ether oxygens (including phenoxy) is 2. The minimum atomic E-state index is -0.515. The van der Waals surface area contributed by atoms with Crippen molar-refractivity contribution in [3.8, 4) is 22.8 Å². The lowest BCUT2D eigenvalue weighted by atomic mass is 9.96. The van der Waals surface area contributed by atoms with Crippen LogP contribution in [-0.2, 0) is 11.8 Å². The molecule has 4 heterocycles. The van der Waals surface area contributed by atoms with Gasteiger partial charge in [0.15, 0.2) is 6.10 Å². The van der Waals surface area contributed by atoms with E-state index in [0.29, 0.717) is 32.0 Å². The third-order valence-electron chi connectivity index (χ3n) is 8.23. The van der Waals surface area contributed by atoms with Crippen LogP contribution in [0.5, 0.6) is 11.6 Å². The Kier molecular flexibility index (Phi) is 7.11. The van der Waals surface area contributed by atoms with Crippen molar-refractivity contribution in [1.29, 1.82) is 0 Å². The summed E-state index contributed by atoms with van der Waals surface area (Å²) in [5, 5.41) is 4.44. The number of fused-ring (bicyclic) bond motifs is 7. The Morgan fingerprint density at radius 3 is 2.58 bits per heavy atom. The summed E-state index contributed by atoms with van der Waals surface area (Å²) in [5.74, 6) is 1.42. The molecule has 1 atom stereocenters. The van der Waals surface area contributed by atoms with Crippen molar-refractivity contribution in [2.24, 2.45) is 7.05 Å². The standard InChI is InChI=1S/C32H37N5O3/c1-22-5-7-24-9-10-26(36-15-13-34(3)14-16-36)20-30(24)40-29-11-12-37(31(29)38)17-18-39-32-28(21-33-35(32)4)25-8-6-23(2)27(22)19-25/h5-10,19-21,29H,1,11-18H2,2-4H3/b7-5+. The largest absolute Gasteiger partial charge is 0.480 e. The van der Waals surface area contributed by atoms with E-state index in [9.17, 15) is 4.79 Å². The lowest BCUT2D eigenvalue weighted by Gasteiger charge is -2.34. The van der Waals surface area contributed by atoms with Crippen LogP contribution in [0.15, 0.2) is 55.3 Å². The molecule has 6 rings (SSSR count). The van der Waals surface area contributed by atoms with Gasteiger partial charge in [0.05, 0.1) is 18.3 Å². The molecule has 8 nitrogen and oxygen atoms in total. The number of anilines is 1. The van der Waals surface area contributed by atoms with Crippen molar-refractivity contribution >= 4 is 23.2 Å². The lowest BCUT2D eigenvalue weighted by molar-refractivity contribution is -0.133. The highest BCUT2D eigenvalue weighted by atomic mass is 16.5. The van der Waals surface area contributed by atoms with Gasteiger partial charge in [-0.2, -0.15) is 5.10 Å². The average molecular weight is 540 g/mol. The maximum Gasteiger partial charge on any atom is 0.263 e. The van der Waals surface area contributed by atoms with Gasteiger partial charge in [-0.25, -0.2) is 4.68 Å². The number of allylic oxidation sites excluding steroid dienone is 2. The number of hydrogen-bond acceptors (Lipinski definition) is 6. The summed E-state index contributed by atoms with van der Waals surface area (Å²) in [4.78, 5) is 19.9. The van der Waals surface area contributed by atoms with Crippen molar-refractivity contribution < 1.29 is 14.3 Å². The average Bonchev–Trinajstić information content (AvgIpc) is 3.49. The number of aryl methyl sites for hydroxylation is 2. The van der Waals surface area contributed by atoms with Crippen LogP contribution in [0.1, 0.15) is 23.1 Å². The van der Waals surface area contributed by atoms with E-state index in [1.54, 1.807) is 4.68 Å². The number of likely N-dealkylation sites (N-methyl/N-ethyl adjacent to an activating group) is 1. The van der Waals surface area contributed by atoms with Gasteiger partial charge in [0.25, 0.3) is 5.91 Å². The van der Waals surface area contributed by atoms with E-state index < -0.39 is 6.10 Å². The van der Waals surface area contributed by atoms with Gasteiger partial charge in [-0.05, 0) is 54.4 Å². The molecular formula is C32H37N5O3. The third kappa shape index (κ3) is 5.11. The molecule has 0 aliphatic carbocycles. The molecular weight excluding hydrogens is 502 g/mol. The Hall–Kier alpha value is -4.04. The fraction of sp³-hybridized carbons (Fsp3) is 0.375. The second kappa shape index (κ2) is 10.8. The Balaban J connectivity index is 1.39. The number of piperazine rings is 1. The number of hydrogen-bond donors (Lipinski definition) is 0. The number of carbonyl (C=O) groups excluding carboxylic acids is 1. The van der Waals surface area contributed by atoms with Crippen LogP contribution in [0.4, 0.5) is 5.69 Å². The normalized spacial score (nSPS) is 20.8. The van der Waals surface area contributed by atoms with Crippen molar-refractivity contribution in [1.82, 2.24) is 19.6 Å². The van der Waals surface area contributed by atoms with E-state index in [4.69, 9.17) is 9.47 Å². The van der Waals surface area contributed by atoms with Crippen LogP contribution in [-0.4, -0.2) is 84.5 Å². The highest BCUT2D eigenvalue weighted by Gasteiger charge is 2.34. The molecule has 1 aromatic heterocycles. The minimum absolute atomic E-state index is 0.00441. The van der Waals surface area contributed by atoms with Gasteiger partial charge >= 0.3 is 0 Å². The zero-order valence-corrected chi connectivity index (χ0v) is 23.6. The zero-order valence-electron chi connectivity index (χ0n) is 23.6. The molecule has 0 saturated carbocycles. The first-order chi connectivity index (χ1) is 19.4. The Labute approximate surface area is 236 Å². The van der Waals surface area contributed by atoms with Crippen LogP contribution >= 0.6 is 0 Å². The van der Waals surface area contributed by atoms with E-state index in [1.807, 2.05) is 30.3 Å². The van der Waals surface area contributed by atoms with Gasteiger partial charge in [-0.3, -0.25) is 4.79 Å². The fourth-order valence-electron chi connectivity index (χ4n) is 5.68. The fourth-order valence-corrected chi connectivity index (χ4v) is 5.68. The third-order valence-corrected chi connectivity index (χ3v) is 8.23. The SMILES string of the molecule is C=C1/C=C/c2ccc(N3CCN(C)CC3)cc2OC2CCN(CCOc3c(cnn3C)-c3ccc(C)c1c3)C2=O. The van der Waals surface area contributed by atoms with E-state index in [-0.39, 0.29) is 5.91 Å². The quantitative estimate of drug-likeness (QED) is 0.461. The first-order valence-electron chi connectivity index (χ1n) is 14.0. The highest BCUT2D eigenvalue weighted by Crippen LogP contribution is 2.34. The van der Waals surface area contributed by atoms with Crippen molar-refractivity contribution in [3.63, 3.8) is 0 Å². The monoisotopic (exact) mass is 539 g/mol. The highest BCUT2D eigenvalue weighted by molar-refractivity contribution is 5.85. The summed E-state index contributed by atoms with van der Waals surface area (Å²) in [6.45, 7) is 12.0. The molecule has 3 aliphatic heterocycles. The second-order valence-corrected chi connectivity index (χ2v) is 11.0. The van der Waals surface area contributed by atoms with Gasteiger partial charge in [-0.15, -0.1) is 0 Å². The number of benzene rings is 2. The molecule has 2 saturated heterocycles. The molecule has 0 radical (unpaired) electrons. The number of nitrogens with zero attached hydrogens (tertiary/aromatic N) is 5. The molecule has 2 fully saturated rings. The molecule has 4 bridgehead atoms. The zero-order chi connectivity index (χ0) is 27.8. The van der Waals surface area contributed by atoms with E-state index in [1.165, 1.54) is 0 Å². The van der Waals surface area contributed by atoms with Crippen LogP contribution in [0.25, 0.3) is 22.8 Å². The number of amides is 1. The maximum atomic E-state index is 13.3. The van der Waals surface area contributed by atoms with Crippen LogP contribution in [0, 0.1) is 6.92 Å². The smallest absolute Gasteiger partial charge is 0.263 e. The van der Waals surface area contributed by atoms with Crippen LogP contribution in [0.2, 0.25) is 0 Å². The van der Waals surface area contributed by atoms with Crippen LogP contribution in [0.3, 0.4) is 0 Å². The number of rotatable bonds is 1. The van der Waals surface area contributed by atoms with Crippen molar-refractivity contribution in [2.75, 3.05) is 57.8 Å². The van der Waals surface area contributed by atoms with E-state index in [0.717, 1.165) is 71.0 Å². The Morgan fingerprint density at radius 1 is 0.925 bits per heavy atom. The van der Waals surface area contributed by atoms with Crippen molar-refractivity contribution in [3.05, 3.63) is 71.9 Å². The van der Waals surface area contributed by atoms with Gasteiger partial charge in [-0.1, -0.05) is 30.9 Å². The first-order valence-corrected chi connectivity index (χ1v) is 14.0. The molecule has 3 aliphatic rings. The van der Waals surface area contributed by atoms with Gasteiger partial charge in [0.1, 0.15) is 12.4 Å². The van der Waals surface area contributed by atoms with Gasteiger partial charge in [0.2, 0.25) is 5.88 Å².